The van der Waals surface area contributed by atoms with Crippen LogP contribution >= 0.6 is 0 Å². The van der Waals surface area contributed by atoms with E-state index in [0.29, 0.717) is 18.2 Å². The fourth-order valence-electron chi connectivity index (χ4n) is 1.08. The predicted molar refractivity (Wildman–Crippen MR) is 55.2 cm³/mol. The smallest absolute Gasteiger partial charge is 0.166 e. The van der Waals surface area contributed by atoms with Crippen molar-refractivity contribution in [2.75, 3.05) is 18.9 Å². The van der Waals surface area contributed by atoms with E-state index in [1.807, 2.05) is 19.1 Å². The minimum absolute atomic E-state index is 0.199. The van der Waals surface area contributed by atoms with Crippen molar-refractivity contribution >= 4 is 5.82 Å². The Balaban J connectivity index is 2.42. The number of ether oxygens (including phenoxy) is 1. The lowest BCUT2D eigenvalue weighted by Gasteiger charge is -2.07. The molecule has 0 saturated heterocycles. The molecule has 0 aromatic carbocycles. The summed E-state index contributed by atoms with van der Waals surface area (Å²) >= 11 is 0. The number of aliphatic hydroxyl groups excluding tert-OH is 1. The predicted octanol–water partition coefficient (Wildman–Crippen LogP) is 1.12. The normalized spacial score (nSPS) is 10.1. The Morgan fingerprint density at radius 2 is 2.21 bits per heavy atom. The van der Waals surface area contributed by atoms with Gasteiger partial charge in [0.2, 0.25) is 0 Å². The molecule has 0 fully saturated rings. The third-order valence-electron chi connectivity index (χ3n) is 1.84. The van der Waals surface area contributed by atoms with Crippen LogP contribution in [0.3, 0.4) is 0 Å². The SMILES string of the molecule is Cc1ccc(OCCCCO)c(N)n1. The summed E-state index contributed by atoms with van der Waals surface area (Å²) in [6.45, 7) is 2.65. The average Bonchev–Trinajstić information content (AvgIpc) is 2.15. The van der Waals surface area contributed by atoms with Gasteiger partial charge in [0.25, 0.3) is 0 Å². The van der Waals surface area contributed by atoms with Crippen LogP contribution in [0.1, 0.15) is 18.5 Å². The van der Waals surface area contributed by atoms with Crippen LogP contribution in [-0.4, -0.2) is 23.3 Å². The van der Waals surface area contributed by atoms with Crippen molar-refractivity contribution in [2.24, 2.45) is 0 Å². The van der Waals surface area contributed by atoms with Gasteiger partial charge in [-0.25, -0.2) is 4.98 Å². The van der Waals surface area contributed by atoms with Crippen molar-refractivity contribution < 1.29 is 9.84 Å². The third-order valence-corrected chi connectivity index (χ3v) is 1.84. The second-order valence-electron chi connectivity index (χ2n) is 3.12. The summed E-state index contributed by atoms with van der Waals surface area (Å²) in [5.41, 5.74) is 6.53. The van der Waals surface area contributed by atoms with Gasteiger partial charge in [-0.05, 0) is 31.9 Å². The van der Waals surface area contributed by atoms with Crippen LogP contribution in [0.5, 0.6) is 5.75 Å². The quantitative estimate of drug-likeness (QED) is 0.692. The molecule has 14 heavy (non-hydrogen) atoms. The Morgan fingerprint density at radius 1 is 1.43 bits per heavy atom. The number of hydrogen-bond acceptors (Lipinski definition) is 4. The minimum atomic E-state index is 0.199. The first-order chi connectivity index (χ1) is 6.74. The molecule has 1 rings (SSSR count). The van der Waals surface area contributed by atoms with Crippen LogP contribution in [0, 0.1) is 6.92 Å². The molecule has 1 heterocycles. The van der Waals surface area contributed by atoms with E-state index in [2.05, 4.69) is 4.98 Å². The molecule has 1 aromatic heterocycles. The van der Waals surface area contributed by atoms with Crippen LogP contribution in [0.4, 0.5) is 5.82 Å². The van der Waals surface area contributed by atoms with E-state index in [1.54, 1.807) is 0 Å². The van der Waals surface area contributed by atoms with Gasteiger partial charge in [-0.3, -0.25) is 0 Å². The first-order valence-corrected chi connectivity index (χ1v) is 4.71. The summed E-state index contributed by atoms with van der Waals surface area (Å²) in [4.78, 5) is 4.08. The summed E-state index contributed by atoms with van der Waals surface area (Å²) < 4.78 is 5.40. The number of unbranched alkanes of at least 4 members (excludes halogenated alkanes) is 1. The Hall–Kier alpha value is -1.29. The lowest BCUT2D eigenvalue weighted by atomic mass is 10.3. The van der Waals surface area contributed by atoms with Crippen molar-refractivity contribution in [3.05, 3.63) is 17.8 Å². The van der Waals surface area contributed by atoms with Gasteiger partial charge in [-0.15, -0.1) is 0 Å². The van der Waals surface area contributed by atoms with Gasteiger partial charge in [-0.2, -0.15) is 0 Å². The fraction of sp³-hybridized carbons (Fsp3) is 0.500. The summed E-state index contributed by atoms with van der Waals surface area (Å²) in [5.74, 6) is 1.04. The monoisotopic (exact) mass is 196 g/mol. The maximum atomic E-state index is 8.56. The zero-order valence-electron chi connectivity index (χ0n) is 8.36. The van der Waals surface area contributed by atoms with E-state index in [4.69, 9.17) is 15.6 Å². The average molecular weight is 196 g/mol. The molecular weight excluding hydrogens is 180 g/mol. The van der Waals surface area contributed by atoms with E-state index in [9.17, 15) is 0 Å². The van der Waals surface area contributed by atoms with Crippen molar-refractivity contribution in [3.8, 4) is 5.75 Å². The molecule has 0 radical (unpaired) electrons. The summed E-state index contributed by atoms with van der Waals surface area (Å²) in [5, 5.41) is 8.56. The second kappa shape index (κ2) is 5.44. The molecule has 0 amide bonds. The highest BCUT2D eigenvalue weighted by Crippen LogP contribution is 2.18. The zero-order valence-corrected chi connectivity index (χ0v) is 8.36. The molecule has 4 nitrogen and oxygen atoms in total. The molecule has 1 aromatic rings. The molecule has 0 atom stereocenters. The van der Waals surface area contributed by atoms with E-state index in [0.717, 1.165) is 18.5 Å². The maximum absolute atomic E-state index is 8.56. The maximum Gasteiger partial charge on any atom is 0.166 e. The van der Waals surface area contributed by atoms with Crippen LogP contribution in [0.25, 0.3) is 0 Å². The number of rotatable bonds is 5. The molecule has 0 unspecified atom stereocenters. The number of nitrogens with two attached hydrogens (primary N) is 1. The van der Waals surface area contributed by atoms with E-state index in [1.165, 1.54) is 0 Å². The number of aromatic nitrogens is 1. The number of nitrogens with zero attached hydrogens (tertiary/aromatic N) is 1. The topological polar surface area (TPSA) is 68.4 Å². The van der Waals surface area contributed by atoms with Crippen molar-refractivity contribution in [1.29, 1.82) is 0 Å². The van der Waals surface area contributed by atoms with Crippen molar-refractivity contribution in [3.63, 3.8) is 0 Å². The fourth-order valence-corrected chi connectivity index (χ4v) is 1.08. The summed E-state index contributed by atoms with van der Waals surface area (Å²) in [7, 11) is 0. The van der Waals surface area contributed by atoms with Gasteiger partial charge in [0.1, 0.15) is 0 Å². The summed E-state index contributed by atoms with van der Waals surface area (Å²) in [6.07, 6.45) is 1.57. The first kappa shape index (κ1) is 10.8. The lowest BCUT2D eigenvalue weighted by Crippen LogP contribution is -2.03. The molecule has 0 saturated carbocycles. The molecule has 78 valence electrons. The van der Waals surface area contributed by atoms with Crippen molar-refractivity contribution in [1.82, 2.24) is 4.98 Å². The molecule has 0 spiro atoms. The number of aryl methyl sites for hydroxylation is 1. The van der Waals surface area contributed by atoms with Gasteiger partial charge in [0.15, 0.2) is 11.6 Å². The van der Waals surface area contributed by atoms with E-state index in [-0.39, 0.29) is 6.61 Å². The second-order valence-corrected chi connectivity index (χ2v) is 3.12. The number of aliphatic hydroxyl groups is 1. The highest BCUT2D eigenvalue weighted by molar-refractivity contribution is 5.46. The van der Waals surface area contributed by atoms with Crippen LogP contribution in [0.2, 0.25) is 0 Å². The Labute approximate surface area is 83.7 Å². The van der Waals surface area contributed by atoms with Gasteiger partial charge < -0.3 is 15.6 Å². The first-order valence-electron chi connectivity index (χ1n) is 4.71. The Morgan fingerprint density at radius 3 is 2.86 bits per heavy atom. The van der Waals surface area contributed by atoms with Gasteiger partial charge in [-0.1, -0.05) is 0 Å². The van der Waals surface area contributed by atoms with E-state index < -0.39 is 0 Å². The van der Waals surface area contributed by atoms with Crippen LogP contribution in [-0.2, 0) is 0 Å². The number of pyridine rings is 1. The molecule has 0 aliphatic carbocycles. The highest BCUT2D eigenvalue weighted by atomic mass is 16.5. The molecule has 0 bridgehead atoms. The highest BCUT2D eigenvalue weighted by Gasteiger charge is 2.00. The largest absolute Gasteiger partial charge is 0.490 e. The number of nitrogen functional groups attached to an aromatic ring is 1. The van der Waals surface area contributed by atoms with Gasteiger partial charge in [0.05, 0.1) is 6.61 Å². The van der Waals surface area contributed by atoms with Crippen LogP contribution < -0.4 is 10.5 Å². The van der Waals surface area contributed by atoms with Gasteiger partial charge >= 0.3 is 0 Å². The Bertz CT molecular complexity index is 289. The molecule has 4 heteroatoms. The molecule has 0 aliphatic rings. The lowest BCUT2D eigenvalue weighted by molar-refractivity contribution is 0.253. The van der Waals surface area contributed by atoms with Crippen molar-refractivity contribution in [2.45, 2.75) is 19.8 Å². The van der Waals surface area contributed by atoms with E-state index >= 15 is 0 Å². The molecule has 0 aliphatic heterocycles. The number of anilines is 1. The number of hydrogen-bond donors (Lipinski definition) is 2. The molecular formula is C10H16N2O2. The minimum Gasteiger partial charge on any atom is -0.490 e. The summed E-state index contributed by atoms with van der Waals surface area (Å²) in [6, 6.07) is 3.67. The van der Waals surface area contributed by atoms with Crippen LogP contribution in [0.15, 0.2) is 12.1 Å². The molecule has 3 N–H and O–H groups in total. The third kappa shape index (κ3) is 3.22. The zero-order chi connectivity index (χ0) is 10.4. The van der Waals surface area contributed by atoms with Gasteiger partial charge in [0, 0.05) is 12.3 Å². The standard InChI is InChI=1S/C10H16N2O2/c1-8-4-5-9(10(11)12-8)14-7-3-2-6-13/h4-5,13H,2-3,6-7H2,1H3,(H2,11,12). The Kier molecular flexibility index (Phi) is 4.19.